The van der Waals surface area contributed by atoms with E-state index in [1.807, 2.05) is 55.1 Å². The summed E-state index contributed by atoms with van der Waals surface area (Å²) < 4.78 is 4.02. The molecule has 0 atom stereocenters. The molecule has 0 aliphatic rings. The summed E-state index contributed by atoms with van der Waals surface area (Å²) in [6, 6.07) is 14.0. The van der Waals surface area contributed by atoms with E-state index in [4.69, 9.17) is 11.6 Å². The van der Waals surface area contributed by atoms with Crippen molar-refractivity contribution in [3.63, 3.8) is 0 Å². The number of likely N-dealkylation sites (N-methyl/N-ethyl adjacent to an activating group) is 1. The summed E-state index contributed by atoms with van der Waals surface area (Å²) in [6.45, 7) is 4.29. The Labute approximate surface area is 157 Å². The van der Waals surface area contributed by atoms with Crippen molar-refractivity contribution in [3.05, 3.63) is 57.8 Å². The Bertz CT molecular complexity index is 1190. The van der Waals surface area contributed by atoms with Crippen molar-refractivity contribution in [1.82, 2.24) is 14.0 Å². The molecule has 0 fully saturated rings. The number of hydrogen-bond acceptors (Lipinski definition) is 2. The SMILES string of the molecule is CCn1c2ccc(Cl)cc2c2c3ccccc3n(CCN(C)C)c(=O)c21. The van der Waals surface area contributed by atoms with Crippen LogP contribution in [0.1, 0.15) is 6.92 Å². The summed E-state index contributed by atoms with van der Waals surface area (Å²) in [4.78, 5) is 15.6. The van der Waals surface area contributed by atoms with Gasteiger partial charge in [-0.05, 0) is 45.3 Å². The minimum atomic E-state index is 0.0646. The van der Waals surface area contributed by atoms with Crippen molar-refractivity contribution >= 4 is 44.3 Å². The summed E-state index contributed by atoms with van der Waals surface area (Å²) in [5.41, 5.74) is 2.86. The Hall–Kier alpha value is -2.30. The average Bonchev–Trinajstić information content (AvgIpc) is 2.95. The molecule has 4 rings (SSSR count). The fraction of sp³-hybridized carbons (Fsp3) is 0.286. The van der Waals surface area contributed by atoms with Crippen LogP contribution >= 0.6 is 11.6 Å². The van der Waals surface area contributed by atoms with Gasteiger partial charge in [0.1, 0.15) is 5.52 Å². The standard InChI is InChI=1S/C21H22ClN3O/c1-4-24-18-10-9-14(22)13-16(18)19-15-7-5-6-8-17(15)25(12-11-23(2)3)21(26)20(19)24/h5-10,13H,4,11-12H2,1-3H3. The van der Waals surface area contributed by atoms with E-state index >= 15 is 0 Å². The minimum absolute atomic E-state index is 0.0646. The molecule has 4 nitrogen and oxygen atoms in total. The number of rotatable bonds is 4. The maximum Gasteiger partial charge on any atom is 0.275 e. The van der Waals surface area contributed by atoms with Crippen LogP contribution < -0.4 is 5.56 Å². The first-order chi connectivity index (χ1) is 12.5. The van der Waals surface area contributed by atoms with Crippen LogP contribution in [0.25, 0.3) is 32.7 Å². The lowest BCUT2D eigenvalue weighted by Gasteiger charge is -2.15. The molecule has 0 unspecified atom stereocenters. The first-order valence-electron chi connectivity index (χ1n) is 8.90. The Morgan fingerprint density at radius 3 is 2.46 bits per heavy atom. The molecule has 2 heterocycles. The van der Waals surface area contributed by atoms with Gasteiger partial charge >= 0.3 is 0 Å². The van der Waals surface area contributed by atoms with E-state index in [0.29, 0.717) is 11.6 Å². The molecule has 0 N–H and O–H groups in total. The summed E-state index contributed by atoms with van der Waals surface area (Å²) in [5, 5.41) is 3.84. The van der Waals surface area contributed by atoms with Gasteiger partial charge in [0.25, 0.3) is 5.56 Å². The highest BCUT2D eigenvalue weighted by molar-refractivity contribution is 6.32. The molecule has 134 valence electrons. The van der Waals surface area contributed by atoms with Gasteiger partial charge in [-0.15, -0.1) is 0 Å². The molecule has 0 saturated carbocycles. The molecule has 0 bridgehead atoms. The molecular formula is C21H22ClN3O. The Balaban J connectivity index is 2.23. The number of nitrogens with zero attached hydrogens (tertiary/aromatic N) is 3. The van der Waals surface area contributed by atoms with Gasteiger partial charge < -0.3 is 14.0 Å². The molecule has 4 aromatic rings. The second-order valence-electron chi connectivity index (χ2n) is 6.91. The van der Waals surface area contributed by atoms with E-state index in [2.05, 4.69) is 22.5 Å². The Kier molecular flexibility index (Phi) is 4.25. The summed E-state index contributed by atoms with van der Waals surface area (Å²) >= 11 is 6.28. The minimum Gasteiger partial charge on any atom is -0.336 e. The third-order valence-corrected chi connectivity index (χ3v) is 5.26. The number of hydrogen-bond donors (Lipinski definition) is 0. The highest BCUT2D eigenvalue weighted by atomic mass is 35.5. The number of aromatic nitrogens is 2. The van der Waals surface area contributed by atoms with E-state index in [9.17, 15) is 4.79 Å². The average molecular weight is 368 g/mol. The molecular weight excluding hydrogens is 346 g/mol. The Morgan fingerprint density at radius 1 is 1.00 bits per heavy atom. The van der Waals surface area contributed by atoms with Gasteiger partial charge in [0, 0.05) is 46.3 Å². The summed E-state index contributed by atoms with van der Waals surface area (Å²) in [5.74, 6) is 0. The second-order valence-corrected chi connectivity index (χ2v) is 7.34. The fourth-order valence-electron chi connectivity index (χ4n) is 3.83. The van der Waals surface area contributed by atoms with Crippen molar-refractivity contribution in [2.24, 2.45) is 0 Å². The van der Waals surface area contributed by atoms with E-state index < -0.39 is 0 Å². The topological polar surface area (TPSA) is 30.2 Å². The van der Waals surface area contributed by atoms with E-state index in [-0.39, 0.29) is 5.56 Å². The first-order valence-corrected chi connectivity index (χ1v) is 9.28. The highest BCUT2D eigenvalue weighted by Gasteiger charge is 2.19. The van der Waals surface area contributed by atoms with E-state index in [1.165, 1.54) is 0 Å². The van der Waals surface area contributed by atoms with Crippen LogP contribution in [-0.4, -0.2) is 34.7 Å². The van der Waals surface area contributed by atoms with Crippen LogP contribution in [-0.2, 0) is 13.1 Å². The zero-order valence-electron chi connectivity index (χ0n) is 15.3. The predicted molar refractivity (Wildman–Crippen MR) is 110 cm³/mol. The van der Waals surface area contributed by atoms with Crippen LogP contribution in [0.2, 0.25) is 5.02 Å². The van der Waals surface area contributed by atoms with Gasteiger partial charge in [-0.25, -0.2) is 0 Å². The number of pyridine rings is 1. The fourth-order valence-corrected chi connectivity index (χ4v) is 4.00. The van der Waals surface area contributed by atoms with Crippen molar-refractivity contribution in [1.29, 1.82) is 0 Å². The number of halogens is 1. The number of para-hydroxylation sites is 1. The molecule has 0 aliphatic heterocycles. The van der Waals surface area contributed by atoms with Crippen molar-refractivity contribution in [2.75, 3.05) is 20.6 Å². The third kappa shape index (κ3) is 2.52. The van der Waals surface area contributed by atoms with Crippen LogP contribution in [0, 0.1) is 0 Å². The van der Waals surface area contributed by atoms with Crippen LogP contribution in [0.4, 0.5) is 0 Å². The molecule has 2 aromatic heterocycles. The summed E-state index contributed by atoms with van der Waals surface area (Å²) in [6.07, 6.45) is 0. The normalized spacial score (nSPS) is 12.0. The van der Waals surface area contributed by atoms with Crippen LogP contribution in [0.15, 0.2) is 47.3 Å². The molecule has 0 saturated heterocycles. The maximum atomic E-state index is 13.5. The van der Waals surface area contributed by atoms with Gasteiger partial charge in [0.05, 0.1) is 5.52 Å². The van der Waals surface area contributed by atoms with Crippen LogP contribution in [0.5, 0.6) is 0 Å². The van der Waals surface area contributed by atoms with Crippen molar-refractivity contribution in [3.8, 4) is 0 Å². The lowest BCUT2D eigenvalue weighted by atomic mass is 10.1. The zero-order valence-corrected chi connectivity index (χ0v) is 16.0. The predicted octanol–water partition coefficient (Wildman–Crippen LogP) is 4.34. The lowest BCUT2D eigenvalue weighted by Crippen LogP contribution is -2.28. The van der Waals surface area contributed by atoms with Crippen molar-refractivity contribution in [2.45, 2.75) is 20.0 Å². The first kappa shape index (κ1) is 17.1. The zero-order chi connectivity index (χ0) is 18.4. The molecule has 0 spiro atoms. The lowest BCUT2D eigenvalue weighted by molar-refractivity contribution is 0.384. The number of fused-ring (bicyclic) bond motifs is 5. The van der Waals surface area contributed by atoms with Crippen molar-refractivity contribution < 1.29 is 0 Å². The molecule has 0 aliphatic carbocycles. The maximum absolute atomic E-state index is 13.5. The van der Waals surface area contributed by atoms with Gasteiger partial charge in [-0.3, -0.25) is 4.79 Å². The smallest absolute Gasteiger partial charge is 0.275 e. The monoisotopic (exact) mass is 367 g/mol. The molecule has 26 heavy (non-hydrogen) atoms. The van der Waals surface area contributed by atoms with Gasteiger partial charge in [-0.1, -0.05) is 29.8 Å². The quantitative estimate of drug-likeness (QED) is 0.537. The van der Waals surface area contributed by atoms with E-state index in [1.54, 1.807) is 0 Å². The Morgan fingerprint density at radius 2 is 1.73 bits per heavy atom. The number of benzene rings is 2. The molecule has 0 radical (unpaired) electrons. The van der Waals surface area contributed by atoms with Gasteiger partial charge in [0.2, 0.25) is 0 Å². The molecule has 5 heteroatoms. The highest BCUT2D eigenvalue weighted by Crippen LogP contribution is 2.34. The van der Waals surface area contributed by atoms with Gasteiger partial charge in [-0.2, -0.15) is 0 Å². The third-order valence-electron chi connectivity index (χ3n) is 5.02. The molecule has 0 amide bonds. The number of aryl methyl sites for hydroxylation is 1. The van der Waals surface area contributed by atoms with E-state index in [0.717, 1.165) is 45.8 Å². The summed E-state index contributed by atoms with van der Waals surface area (Å²) in [7, 11) is 4.05. The van der Waals surface area contributed by atoms with Gasteiger partial charge in [0.15, 0.2) is 0 Å². The second kappa shape index (κ2) is 6.45. The van der Waals surface area contributed by atoms with Crippen LogP contribution in [0.3, 0.4) is 0 Å². The largest absolute Gasteiger partial charge is 0.336 e. The molecule has 2 aromatic carbocycles.